The van der Waals surface area contributed by atoms with Crippen LogP contribution in [0.1, 0.15) is 16.9 Å². The van der Waals surface area contributed by atoms with Crippen molar-refractivity contribution >= 4 is 34.2 Å². The number of nitrogens with zero attached hydrogens (tertiary/aromatic N) is 5. The molecule has 0 bridgehead atoms. The normalized spacial score (nSPS) is 10.8. The van der Waals surface area contributed by atoms with Gasteiger partial charge in [0.15, 0.2) is 0 Å². The van der Waals surface area contributed by atoms with E-state index >= 15 is 0 Å². The number of carbonyl (C=O) groups excluding carboxylic acids is 2. The fourth-order valence-corrected chi connectivity index (χ4v) is 3.85. The Balaban J connectivity index is 1.11. The van der Waals surface area contributed by atoms with Crippen LogP contribution in [0.3, 0.4) is 0 Å². The number of benzene rings is 2. The van der Waals surface area contributed by atoms with Gasteiger partial charge in [0.25, 0.3) is 5.91 Å². The fourth-order valence-electron chi connectivity index (χ4n) is 3.85. The Bertz CT molecular complexity index is 1540. The van der Waals surface area contributed by atoms with Gasteiger partial charge in [0, 0.05) is 61.6 Å². The van der Waals surface area contributed by atoms with Crippen LogP contribution in [-0.4, -0.2) is 42.8 Å². The Kier molecular flexibility index (Phi) is 7.25. The first-order valence-corrected chi connectivity index (χ1v) is 12.0. The summed E-state index contributed by atoms with van der Waals surface area (Å²) in [5.74, 6) is 0.762. The number of imidazole rings is 1. The number of ether oxygens (including phenoxy) is 1. The van der Waals surface area contributed by atoms with Crippen molar-refractivity contribution in [1.82, 2.24) is 29.6 Å². The van der Waals surface area contributed by atoms with E-state index in [2.05, 4.69) is 31.0 Å². The molecule has 0 radical (unpaired) electrons. The molecule has 0 aliphatic rings. The number of aryl methyl sites for hydroxylation is 2. The van der Waals surface area contributed by atoms with E-state index in [-0.39, 0.29) is 17.6 Å². The monoisotopic (exact) mass is 510 g/mol. The van der Waals surface area contributed by atoms with E-state index in [9.17, 15) is 9.59 Å². The van der Waals surface area contributed by atoms with E-state index in [4.69, 9.17) is 4.74 Å². The lowest BCUT2D eigenvalue weighted by Gasteiger charge is -2.10. The maximum atomic E-state index is 12.5. The smallest absolute Gasteiger partial charge is 0.323 e. The number of hydrogen-bond acceptors (Lipinski definition) is 6. The summed E-state index contributed by atoms with van der Waals surface area (Å²) in [6, 6.07) is 15.4. The van der Waals surface area contributed by atoms with Gasteiger partial charge in [-0.25, -0.2) is 9.78 Å². The molecule has 0 aliphatic heterocycles. The molecule has 0 aliphatic carbocycles. The lowest BCUT2D eigenvalue weighted by molar-refractivity contribution is 0.0947. The number of amides is 3. The molecular weight excluding hydrogens is 484 g/mol. The second kappa shape index (κ2) is 11.2. The lowest BCUT2D eigenvalue weighted by atomic mass is 10.2. The number of nitrogens with one attached hydrogen (secondary N) is 3. The summed E-state index contributed by atoms with van der Waals surface area (Å²) in [5, 5.41) is 13.6. The van der Waals surface area contributed by atoms with E-state index in [1.165, 1.54) is 6.20 Å². The minimum Gasteiger partial charge on any atom is -0.457 e. The third-order valence-corrected chi connectivity index (χ3v) is 5.75. The van der Waals surface area contributed by atoms with Crippen LogP contribution < -0.4 is 20.7 Å². The molecule has 3 N–H and O–H groups in total. The third-order valence-electron chi connectivity index (χ3n) is 5.75. The van der Waals surface area contributed by atoms with Crippen LogP contribution in [0.4, 0.5) is 16.2 Å². The first-order valence-electron chi connectivity index (χ1n) is 12.0. The molecule has 5 rings (SSSR count). The quantitative estimate of drug-likeness (QED) is 0.252. The second-order valence-electron chi connectivity index (χ2n) is 8.53. The first kappa shape index (κ1) is 24.5. The second-order valence-corrected chi connectivity index (χ2v) is 8.53. The van der Waals surface area contributed by atoms with E-state index in [0.29, 0.717) is 29.4 Å². The SMILES string of the molecule is Cn1ncc2cc(NC(=O)Nc3ccc(Oc4ccnc(C(=O)NCCCn5ccnc5)c4)cc3)ccc21. The Labute approximate surface area is 218 Å². The highest BCUT2D eigenvalue weighted by Crippen LogP contribution is 2.24. The van der Waals surface area contributed by atoms with Gasteiger partial charge in [-0.3, -0.25) is 14.5 Å². The highest BCUT2D eigenvalue weighted by Gasteiger charge is 2.10. The van der Waals surface area contributed by atoms with Crippen LogP contribution in [-0.2, 0) is 13.6 Å². The number of anilines is 2. The molecule has 0 saturated carbocycles. The van der Waals surface area contributed by atoms with Crippen LogP contribution >= 0.6 is 0 Å². The van der Waals surface area contributed by atoms with Gasteiger partial charge < -0.3 is 25.3 Å². The Morgan fingerprint density at radius 1 is 0.947 bits per heavy atom. The topological polar surface area (TPSA) is 128 Å². The number of fused-ring (bicyclic) bond motifs is 1. The van der Waals surface area contributed by atoms with Crippen molar-refractivity contribution in [3.63, 3.8) is 0 Å². The van der Waals surface area contributed by atoms with Crippen molar-refractivity contribution < 1.29 is 14.3 Å². The molecule has 5 aromatic rings. The van der Waals surface area contributed by atoms with Gasteiger partial charge >= 0.3 is 6.03 Å². The highest BCUT2D eigenvalue weighted by molar-refractivity contribution is 6.01. The molecule has 3 aromatic heterocycles. The highest BCUT2D eigenvalue weighted by atomic mass is 16.5. The summed E-state index contributed by atoms with van der Waals surface area (Å²) in [5.41, 5.74) is 2.51. The molecule has 2 aromatic carbocycles. The molecule has 11 nitrogen and oxygen atoms in total. The van der Waals surface area contributed by atoms with Crippen molar-refractivity contribution in [1.29, 1.82) is 0 Å². The fraction of sp³-hybridized carbons (Fsp3) is 0.148. The number of urea groups is 1. The Hall–Kier alpha value is -5.19. The first-order chi connectivity index (χ1) is 18.5. The standard InChI is InChI=1S/C27H26N8O3/c1-34-25-8-5-21(15-19(25)17-31-34)33-27(37)32-20-3-6-22(7-4-20)38-23-9-11-29-24(16-23)26(36)30-10-2-13-35-14-12-28-18-35/h3-9,11-12,14-18H,2,10,13H2,1H3,(H,30,36)(H2,32,33,37). The Morgan fingerprint density at radius 2 is 1.76 bits per heavy atom. The third kappa shape index (κ3) is 6.13. The zero-order valence-electron chi connectivity index (χ0n) is 20.7. The maximum Gasteiger partial charge on any atom is 0.323 e. The average Bonchev–Trinajstić information content (AvgIpc) is 3.57. The largest absolute Gasteiger partial charge is 0.457 e. The molecular formula is C27H26N8O3. The van der Waals surface area contributed by atoms with Crippen LogP contribution in [0, 0.1) is 0 Å². The van der Waals surface area contributed by atoms with Crippen LogP contribution in [0.2, 0.25) is 0 Å². The van der Waals surface area contributed by atoms with Gasteiger partial charge in [0.1, 0.15) is 17.2 Å². The average molecular weight is 511 g/mol. The van der Waals surface area contributed by atoms with Crippen molar-refractivity contribution in [3.05, 3.63) is 91.4 Å². The molecule has 38 heavy (non-hydrogen) atoms. The zero-order chi connectivity index (χ0) is 26.3. The molecule has 3 heterocycles. The molecule has 0 unspecified atom stereocenters. The minimum atomic E-state index is -0.364. The summed E-state index contributed by atoms with van der Waals surface area (Å²) >= 11 is 0. The summed E-state index contributed by atoms with van der Waals surface area (Å²) in [7, 11) is 1.87. The van der Waals surface area contributed by atoms with Gasteiger partial charge in [0.2, 0.25) is 0 Å². The predicted molar refractivity (Wildman–Crippen MR) is 143 cm³/mol. The Morgan fingerprint density at radius 3 is 2.58 bits per heavy atom. The molecule has 0 spiro atoms. The molecule has 11 heteroatoms. The minimum absolute atomic E-state index is 0.268. The van der Waals surface area contributed by atoms with Crippen molar-refractivity contribution in [2.45, 2.75) is 13.0 Å². The van der Waals surface area contributed by atoms with Crippen molar-refractivity contribution in [2.24, 2.45) is 7.05 Å². The van der Waals surface area contributed by atoms with E-state index in [1.54, 1.807) is 59.8 Å². The van der Waals surface area contributed by atoms with Gasteiger partial charge in [0.05, 0.1) is 18.0 Å². The molecule has 0 saturated heterocycles. The summed E-state index contributed by atoms with van der Waals surface area (Å²) < 4.78 is 9.60. The van der Waals surface area contributed by atoms with Crippen LogP contribution in [0.25, 0.3) is 10.9 Å². The molecule has 192 valence electrons. The number of hydrogen-bond donors (Lipinski definition) is 3. The van der Waals surface area contributed by atoms with E-state index < -0.39 is 0 Å². The van der Waals surface area contributed by atoms with Gasteiger partial charge in [-0.1, -0.05) is 0 Å². The summed E-state index contributed by atoms with van der Waals surface area (Å²) in [4.78, 5) is 33.0. The summed E-state index contributed by atoms with van der Waals surface area (Å²) in [6.45, 7) is 1.29. The van der Waals surface area contributed by atoms with Gasteiger partial charge in [-0.15, -0.1) is 0 Å². The molecule has 0 fully saturated rings. The number of carbonyl (C=O) groups is 2. The van der Waals surface area contributed by atoms with E-state index in [0.717, 1.165) is 23.9 Å². The zero-order valence-corrected chi connectivity index (χ0v) is 20.7. The van der Waals surface area contributed by atoms with Crippen LogP contribution in [0.15, 0.2) is 85.7 Å². The predicted octanol–water partition coefficient (Wildman–Crippen LogP) is 4.42. The van der Waals surface area contributed by atoms with Gasteiger partial charge in [-0.2, -0.15) is 5.10 Å². The molecule has 3 amide bonds. The molecule has 0 atom stereocenters. The number of rotatable bonds is 9. The van der Waals surface area contributed by atoms with Crippen molar-refractivity contribution in [3.8, 4) is 11.5 Å². The number of aromatic nitrogens is 5. The van der Waals surface area contributed by atoms with Gasteiger partial charge in [-0.05, 0) is 55.0 Å². The van der Waals surface area contributed by atoms with E-state index in [1.807, 2.05) is 36.0 Å². The summed E-state index contributed by atoms with van der Waals surface area (Å²) in [6.07, 6.45) is 9.40. The maximum absolute atomic E-state index is 12.5. The van der Waals surface area contributed by atoms with Crippen LogP contribution in [0.5, 0.6) is 11.5 Å². The van der Waals surface area contributed by atoms with Crippen molar-refractivity contribution in [2.75, 3.05) is 17.2 Å². The lowest BCUT2D eigenvalue weighted by Crippen LogP contribution is -2.26. The number of pyridine rings is 1.